The second-order valence-corrected chi connectivity index (χ2v) is 8.12. The number of nitrogens with zero attached hydrogens (tertiary/aromatic N) is 5. The van der Waals surface area contributed by atoms with Crippen molar-refractivity contribution in [2.75, 3.05) is 32.6 Å². The molecule has 1 aliphatic carbocycles. The molecule has 1 aromatic heterocycles. The zero-order chi connectivity index (χ0) is 22.4. The molecular weight excluding hydrogens is 404 g/mol. The normalized spacial score (nSPS) is 20.5. The second kappa shape index (κ2) is 10.5. The molecule has 2 heterocycles. The van der Waals surface area contributed by atoms with Crippen LogP contribution in [0, 0.1) is 11.8 Å². The minimum atomic E-state index is -0.722. The third-order valence-corrected chi connectivity index (χ3v) is 5.96. The molecule has 2 N–H and O–H groups in total. The lowest BCUT2D eigenvalue weighted by Crippen LogP contribution is -2.52. The van der Waals surface area contributed by atoms with Gasteiger partial charge in [-0.3, -0.25) is 29.6 Å². The van der Waals surface area contributed by atoms with Crippen molar-refractivity contribution in [3.05, 3.63) is 12.4 Å². The summed E-state index contributed by atoms with van der Waals surface area (Å²) in [4.78, 5) is 45.5. The van der Waals surface area contributed by atoms with Gasteiger partial charge >= 0.3 is 0 Å². The molecule has 11 heteroatoms. The van der Waals surface area contributed by atoms with Crippen LogP contribution >= 0.6 is 0 Å². The Bertz CT molecular complexity index is 787. The van der Waals surface area contributed by atoms with E-state index in [0.29, 0.717) is 36.8 Å². The van der Waals surface area contributed by atoms with Crippen molar-refractivity contribution in [3.8, 4) is 5.88 Å². The fourth-order valence-electron chi connectivity index (χ4n) is 4.42. The number of nitrogens with one attached hydrogen (secondary N) is 1. The standard InChI is InChI=1S/C20H30N6O5/c1-24-8-7-16(19(28)23-17-10-21-11-18(22-17)31-2)26(24)20(29)15(12-25(30)13-27)9-14-5-3-4-6-14/h10-11,13-16,30H,3-9,12H2,1-2H3,(H,22,23,28). The van der Waals surface area contributed by atoms with Crippen LogP contribution in [0.3, 0.4) is 0 Å². The molecule has 0 bridgehead atoms. The molecule has 2 unspecified atom stereocenters. The summed E-state index contributed by atoms with van der Waals surface area (Å²) in [5, 5.41) is 16.1. The number of ether oxygens (including phenoxy) is 1. The van der Waals surface area contributed by atoms with E-state index in [-0.39, 0.29) is 30.1 Å². The number of aromatic nitrogens is 2. The second-order valence-electron chi connectivity index (χ2n) is 8.12. The van der Waals surface area contributed by atoms with Crippen molar-refractivity contribution in [3.63, 3.8) is 0 Å². The third-order valence-electron chi connectivity index (χ3n) is 5.96. The van der Waals surface area contributed by atoms with Gasteiger partial charge in [-0.1, -0.05) is 25.7 Å². The maximum Gasteiger partial charge on any atom is 0.250 e. The van der Waals surface area contributed by atoms with Crippen molar-refractivity contribution >= 4 is 24.0 Å². The molecule has 1 saturated heterocycles. The summed E-state index contributed by atoms with van der Waals surface area (Å²) in [5.74, 6) is -0.369. The van der Waals surface area contributed by atoms with Gasteiger partial charge < -0.3 is 10.1 Å². The Morgan fingerprint density at radius 1 is 1.35 bits per heavy atom. The molecule has 31 heavy (non-hydrogen) atoms. The van der Waals surface area contributed by atoms with Crippen LogP contribution in [0.4, 0.5) is 5.82 Å². The Morgan fingerprint density at radius 2 is 2.10 bits per heavy atom. The average molecular weight is 434 g/mol. The number of hydrazine groups is 1. The largest absolute Gasteiger partial charge is 0.480 e. The van der Waals surface area contributed by atoms with Crippen molar-refractivity contribution in [1.82, 2.24) is 25.0 Å². The molecule has 3 rings (SSSR count). The fraction of sp³-hybridized carbons (Fsp3) is 0.650. The van der Waals surface area contributed by atoms with Gasteiger partial charge in [-0.2, -0.15) is 4.98 Å². The van der Waals surface area contributed by atoms with E-state index in [0.717, 1.165) is 25.7 Å². The van der Waals surface area contributed by atoms with Crippen LogP contribution in [0.5, 0.6) is 5.88 Å². The maximum atomic E-state index is 13.5. The highest BCUT2D eigenvalue weighted by molar-refractivity contribution is 5.97. The summed E-state index contributed by atoms with van der Waals surface area (Å²) in [6.07, 6.45) is 8.47. The minimum absolute atomic E-state index is 0.0983. The Balaban J connectivity index is 1.74. The van der Waals surface area contributed by atoms with Crippen LogP contribution < -0.4 is 10.1 Å². The van der Waals surface area contributed by atoms with Crippen LogP contribution in [0.25, 0.3) is 0 Å². The summed E-state index contributed by atoms with van der Waals surface area (Å²) in [6.45, 7) is 0.430. The van der Waals surface area contributed by atoms with Crippen LogP contribution in [0.1, 0.15) is 38.5 Å². The van der Waals surface area contributed by atoms with Gasteiger partial charge in [-0.15, -0.1) is 0 Å². The van der Waals surface area contributed by atoms with Crippen LogP contribution in [-0.4, -0.2) is 81.8 Å². The molecule has 0 aromatic carbocycles. The molecule has 2 fully saturated rings. The summed E-state index contributed by atoms with van der Waals surface area (Å²) in [7, 11) is 3.20. The lowest BCUT2D eigenvalue weighted by Gasteiger charge is -2.33. The molecule has 3 amide bonds. The van der Waals surface area contributed by atoms with Crippen LogP contribution in [0.2, 0.25) is 0 Å². The molecule has 2 aliphatic rings. The van der Waals surface area contributed by atoms with Gasteiger partial charge in [0, 0.05) is 13.6 Å². The number of hydrogen-bond donors (Lipinski definition) is 2. The topological polar surface area (TPSA) is 128 Å². The SMILES string of the molecule is COc1cncc(NC(=O)C2CCN(C)N2C(=O)C(CC2CCCC2)CN(O)C=O)n1. The Morgan fingerprint density at radius 3 is 2.77 bits per heavy atom. The van der Waals surface area contributed by atoms with Gasteiger partial charge in [-0.25, -0.2) is 10.1 Å². The highest BCUT2D eigenvalue weighted by Gasteiger charge is 2.41. The number of methoxy groups -OCH3 is 1. The average Bonchev–Trinajstić information content (AvgIpc) is 3.42. The monoisotopic (exact) mass is 434 g/mol. The molecule has 0 spiro atoms. The summed E-state index contributed by atoms with van der Waals surface area (Å²) in [5.41, 5.74) is 0. The van der Waals surface area contributed by atoms with E-state index in [2.05, 4.69) is 15.3 Å². The van der Waals surface area contributed by atoms with E-state index >= 15 is 0 Å². The first-order valence-corrected chi connectivity index (χ1v) is 10.5. The van der Waals surface area contributed by atoms with Crippen molar-refractivity contribution < 1.29 is 24.3 Å². The van der Waals surface area contributed by atoms with Crippen molar-refractivity contribution in [2.24, 2.45) is 11.8 Å². The first-order valence-electron chi connectivity index (χ1n) is 10.5. The zero-order valence-electron chi connectivity index (χ0n) is 17.9. The summed E-state index contributed by atoms with van der Waals surface area (Å²) < 4.78 is 5.03. The molecule has 1 aliphatic heterocycles. The maximum absolute atomic E-state index is 13.5. The van der Waals surface area contributed by atoms with Gasteiger partial charge in [-0.05, 0) is 18.8 Å². The summed E-state index contributed by atoms with van der Waals surface area (Å²) in [6, 6.07) is -0.722. The van der Waals surface area contributed by atoms with Crippen molar-refractivity contribution in [1.29, 1.82) is 0 Å². The Labute approximate surface area is 181 Å². The number of hydroxylamine groups is 2. The highest BCUT2D eigenvalue weighted by atomic mass is 16.5. The first kappa shape index (κ1) is 22.9. The quantitative estimate of drug-likeness (QED) is 0.334. The van der Waals surface area contributed by atoms with Gasteiger partial charge in [0.1, 0.15) is 6.04 Å². The molecule has 1 aromatic rings. The lowest BCUT2D eigenvalue weighted by molar-refractivity contribution is -0.164. The van der Waals surface area contributed by atoms with Crippen LogP contribution in [0.15, 0.2) is 12.4 Å². The molecule has 0 radical (unpaired) electrons. The predicted molar refractivity (Wildman–Crippen MR) is 110 cm³/mol. The predicted octanol–water partition coefficient (Wildman–Crippen LogP) is 0.915. The number of carbonyl (C=O) groups excluding carboxylic acids is 3. The molecule has 170 valence electrons. The van der Waals surface area contributed by atoms with E-state index in [1.807, 2.05) is 0 Å². The van der Waals surface area contributed by atoms with Crippen molar-refractivity contribution in [2.45, 2.75) is 44.6 Å². The zero-order valence-corrected chi connectivity index (χ0v) is 17.9. The highest BCUT2D eigenvalue weighted by Crippen LogP contribution is 2.32. The first-order chi connectivity index (χ1) is 14.9. The minimum Gasteiger partial charge on any atom is -0.480 e. The fourth-order valence-corrected chi connectivity index (χ4v) is 4.42. The number of anilines is 1. The number of amides is 3. The third kappa shape index (κ3) is 5.67. The Hall–Kier alpha value is -2.79. The van der Waals surface area contributed by atoms with E-state index in [1.54, 1.807) is 12.1 Å². The smallest absolute Gasteiger partial charge is 0.250 e. The van der Waals surface area contributed by atoms with E-state index < -0.39 is 12.0 Å². The van der Waals surface area contributed by atoms with Gasteiger partial charge in [0.05, 0.1) is 32.0 Å². The molecular formula is C20H30N6O5. The van der Waals surface area contributed by atoms with E-state index in [4.69, 9.17) is 4.74 Å². The lowest BCUT2D eigenvalue weighted by atomic mass is 9.92. The molecule has 1 saturated carbocycles. The van der Waals surface area contributed by atoms with Crippen LogP contribution in [-0.2, 0) is 14.4 Å². The molecule has 2 atom stereocenters. The van der Waals surface area contributed by atoms with E-state index in [9.17, 15) is 19.6 Å². The Kier molecular flexibility index (Phi) is 7.75. The van der Waals surface area contributed by atoms with E-state index in [1.165, 1.54) is 24.5 Å². The summed E-state index contributed by atoms with van der Waals surface area (Å²) >= 11 is 0. The van der Waals surface area contributed by atoms with Gasteiger partial charge in [0.15, 0.2) is 5.82 Å². The number of hydrogen-bond acceptors (Lipinski definition) is 8. The van der Waals surface area contributed by atoms with Gasteiger partial charge in [0.25, 0.3) is 0 Å². The molecule has 11 nitrogen and oxygen atoms in total. The number of rotatable bonds is 9. The van der Waals surface area contributed by atoms with Gasteiger partial charge in [0.2, 0.25) is 24.1 Å². The number of carbonyl (C=O) groups is 3.